The maximum atomic E-state index is 11.9. The number of esters is 1. The lowest BCUT2D eigenvalue weighted by Gasteiger charge is -2.12. The lowest BCUT2D eigenvalue weighted by atomic mass is 10.1. The highest BCUT2D eigenvalue weighted by Gasteiger charge is 2.18. The maximum Gasteiger partial charge on any atom is 0.341 e. The van der Waals surface area contributed by atoms with Crippen LogP contribution in [0.15, 0.2) is 48.0 Å². The summed E-state index contributed by atoms with van der Waals surface area (Å²) in [4.78, 5) is 22.3. The van der Waals surface area contributed by atoms with Crippen molar-refractivity contribution in [1.29, 1.82) is 0 Å². The van der Waals surface area contributed by atoms with Gasteiger partial charge in [0.2, 0.25) is 5.88 Å². The molecule has 0 N–H and O–H groups in total. The van der Waals surface area contributed by atoms with Gasteiger partial charge in [-0.05, 0) is 16.7 Å². The van der Waals surface area contributed by atoms with Crippen molar-refractivity contribution in [3.8, 4) is 11.6 Å². The molecule has 24 heavy (non-hydrogen) atoms. The zero-order valence-electron chi connectivity index (χ0n) is 12.9. The molecule has 0 unspecified atom stereocenters. The first-order chi connectivity index (χ1) is 11.7. The zero-order chi connectivity index (χ0) is 17.4. The number of rotatable bonds is 6. The van der Waals surface area contributed by atoms with Crippen LogP contribution in [0.5, 0.6) is 11.6 Å². The van der Waals surface area contributed by atoms with Crippen LogP contribution in [-0.2, 0) is 14.3 Å². The van der Waals surface area contributed by atoms with Gasteiger partial charge in [0.1, 0.15) is 23.5 Å². The molecule has 1 aromatic heterocycles. The molecule has 9 nitrogen and oxygen atoms in total. The Morgan fingerprint density at radius 1 is 1.29 bits per heavy atom. The number of aromatic nitrogens is 2. The Morgan fingerprint density at radius 2 is 2.08 bits per heavy atom. The smallest absolute Gasteiger partial charge is 0.341 e. The summed E-state index contributed by atoms with van der Waals surface area (Å²) >= 11 is 0. The molecule has 0 fully saturated rings. The van der Waals surface area contributed by atoms with Gasteiger partial charge in [-0.25, -0.2) is 14.8 Å². The van der Waals surface area contributed by atoms with Crippen LogP contribution in [-0.4, -0.2) is 30.2 Å². The Bertz CT molecular complexity index is 815. The number of hydrogen-bond donors (Lipinski definition) is 0. The summed E-state index contributed by atoms with van der Waals surface area (Å²) in [5, 5.41) is 3.38. The molecule has 0 amide bonds. The first kappa shape index (κ1) is 16.8. The minimum absolute atomic E-state index is 0.112. The minimum atomic E-state index is -0.578. The Hall–Kier alpha value is -3.58. The minimum Gasteiger partial charge on any atom is -0.503 e. The first-order valence-electron chi connectivity index (χ1n) is 6.65. The number of carbonyl (C=O) groups excluding carboxylic acids is 1. The maximum absolute atomic E-state index is 11.9. The molecule has 0 spiro atoms. The summed E-state index contributed by atoms with van der Waals surface area (Å²) in [6, 6.07) is 8.16. The molecule has 9 heteroatoms. The molecule has 2 rings (SSSR count). The lowest BCUT2D eigenvalue weighted by molar-refractivity contribution is -0.133. The van der Waals surface area contributed by atoms with Crippen molar-refractivity contribution in [3.63, 3.8) is 0 Å². The second-order valence-electron chi connectivity index (χ2n) is 4.26. The van der Waals surface area contributed by atoms with Gasteiger partial charge in [0, 0.05) is 16.5 Å². The van der Waals surface area contributed by atoms with Gasteiger partial charge >= 0.3 is 5.97 Å². The van der Waals surface area contributed by atoms with Crippen molar-refractivity contribution in [2.75, 3.05) is 14.2 Å². The quantitative estimate of drug-likeness (QED) is 0.200. The zero-order valence-corrected chi connectivity index (χ0v) is 12.9. The van der Waals surface area contributed by atoms with Gasteiger partial charge in [-0.2, -0.15) is 0 Å². The summed E-state index contributed by atoms with van der Waals surface area (Å²) in [5.74, 6) is 0.0317. The van der Waals surface area contributed by atoms with Gasteiger partial charge in [0.25, 0.3) is 0 Å². The number of azide groups is 1. The second-order valence-corrected chi connectivity index (χ2v) is 4.26. The molecule has 1 aromatic carbocycles. The standard InChI is InChI=1S/C15H13N5O4/c1-22-8-11(15(21)23-2)10-5-3-4-6-12(10)24-14-7-13(19-20-16)17-9-18-14/h3-9H,1-2H3. The fraction of sp³-hybridized carbons (Fsp3) is 0.133. The average Bonchev–Trinajstić information content (AvgIpc) is 2.60. The van der Waals surface area contributed by atoms with Crippen LogP contribution in [0.2, 0.25) is 0 Å². The van der Waals surface area contributed by atoms with Crippen molar-refractivity contribution >= 4 is 17.4 Å². The van der Waals surface area contributed by atoms with Crippen molar-refractivity contribution < 1.29 is 19.0 Å². The number of benzene rings is 1. The third kappa shape index (κ3) is 3.99. The number of hydrogen-bond acceptors (Lipinski definition) is 7. The van der Waals surface area contributed by atoms with Gasteiger partial charge in [-0.1, -0.05) is 18.2 Å². The van der Waals surface area contributed by atoms with Crippen LogP contribution in [0.4, 0.5) is 5.82 Å². The van der Waals surface area contributed by atoms with E-state index >= 15 is 0 Å². The molecule has 0 saturated heterocycles. The van der Waals surface area contributed by atoms with Crippen molar-refractivity contribution in [1.82, 2.24) is 9.97 Å². The normalized spacial score (nSPS) is 10.5. The lowest BCUT2D eigenvalue weighted by Crippen LogP contribution is -2.06. The Balaban J connectivity index is 2.42. The fourth-order valence-electron chi connectivity index (χ4n) is 1.83. The molecule has 0 atom stereocenters. The topological polar surface area (TPSA) is 119 Å². The molecule has 1 heterocycles. The largest absolute Gasteiger partial charge is 0.503 e. The van der Waals surface area contributed by atoms with E-state index in [4.69, 9.17) is 19.7 Å². The SMILES string of the molecule is COC=C(C(=O)OC)c1ccccc1Oc1cc(N=[N+]=[N-])ncn1. The predicted octanol–water partition coefficient (Wildman–Crippen LogP) is 3.37. The van der Waals surface area contributed by atoms with E-state index in [1.165, 1.54) is 32.9 Å². The predicted molar refractivity (Wildman–Crippen MR) is 84.4 cm³/mol. The van der Waals surface area contributed by atoms with E-state index in [1.54, 1.807) is 24.3 Å². The number of para-hydroxylation sites is 1. The number of methoxy groups -OCH3 is 2. The number of nitrogens with zero attached hydrogens (tertiary/aromatic N) is 5. The summed E-state index contributed by atoms with van der Waals surface area (Å²) in [6.07, 6.45) is 2.47. The summed E-state index contributed by atoms with van der Waals surface area (Å²) in [6.45, 7) is 0. The van der Waals surface area contributed by atoms with E-state index in [9.17, 15) is 4.79 Å². The summed E-state index contributed by atoms with van der Waals surface area (Å²) < 4.78 is 15.4. The van der Waals surface area contributed by atoms with Crippen LogP contribution in [0.3, 0.4) is 0 Å². The van der Waals surface area contributed by atoms with Gasteiger partial charge in [0.05, 0.1) is 20.5 Å². The fourth-order valence-corrected chi connectivity index (χ4v) is 1.83. The van der Waals surface area contributed by atoms with Crippen LogP contribution >= 0.6 is 0 Å². The average molecular weight is 327 g/mol. The first-order valence-corrected chi connectivity index (χ1v) is 6.65. The highest BCUT2D eigenvalue weighted by molar-refractivity contribution is 6.17. The molecule has 122 valence electrons. The third-order valence-electron chi connectivity index (χ3n) is 2.81. The van der Waals surface area contributed by atoms with Crippen molar-refractivity contribution in [2.24, 2.45) is 5.11 Å². The van der Waals surface area contributed by atoms with Gasteiger partial charge in [-0.15, -0.1) is 0 Å². The van der Waals surface area contributed by atoms with Gasteiger partial charge < -0.3 is 14.2 Å². The van der Waals surface area contributed by atoms with E-state index in [2.05, 4.69) is 20.0 Å². The van der Waals surface area contributed by atoms with E-state index in [-0.39, 0.29) is 17.3 Å². The number of ether oxygens (including phenoxy) is 3. The molecule has 0 radical (unpaired) electrons. The van der Waals surface area contributed by atoms with Crippen LogP contribution in [0.25, 0.3) is 16.0 Å². The molecule has 0 aliphatic rings. The molecular formula is C15H13N5O4. The van der Waals surface area contributed by atoms with Crippen LogP contribution < -0.4 is 4.74 Å². The third-order valence-corrected chi connectivity index (χ3v) is 2.81. The molecule has 0 saturated carbocycles. The van der Waals surface area contributed by atoms with E-state index < -0.39 is 5.97 Å². The summed E-state index contributed by atoms with van der Waals surface area (Å²) in [5.41, 5.74) is 9.08. The van der Waals surface area contributed by atoms with E-state index in [1.807, 2.05) is 0 Å². The Morgan fingerprint density at radius 3 is 2.79 bits per heavy atom. The Kier molecular flexibility index (Phi) is 5.71. The molecular weight excluding hydrogens is 314 g/mol. The van der Waals surface area contributed by atoms with Crippen molar-refractivity contribution in [2.45, 2.75) is 0 Å². The molecule has 2 aromatic rings. The van der Waals surface area contributed by atoms with Gasteiger partial charge in [-0.3, -0.25) is 0 Å². The van der Waals surface area contributed by atoms with E-state index in [0.717, 1.165) is 0 Å². The molecule has 0 bridgehead atoms. The van der Waals surface area contributed by atoms with Crippen molar-refractivity contribution in [3.05, 3.63) is 58.9 Å². The van der Waals surface area contributed by atoms with Crippen LogP contribution in [0, 0.1) is 0 Å². The Labute approximate surface area is 137 Å². The monoisotopic (exact) mass is 327 g/mol. The highest BCUT2D eigenvalue weighted by Crippen LogP contribution is 2.30. The van der Waals surface area contributed by atoms with Crippen LogP contribution in [0.1, 0.15) is 5.56 Å². The highest BCUT2D eigenvalue weighted by atomic mass is 16.5. The second kappa shape index (κ2) is 8.16. The summed E-state index contributed by atoms with van der Waals surface area (Å²) in [7, 11) is 2.69. The van der Waals surface area contributed by atoms with E-state index in [0.29, 0.717) is 11.3 Å². The number of carbonyl (C=O) groups is 1. The molecule has 0 aliphatic heterocycles. The van der Waals surface area contributed by atoms with Gasteiger partial charge in [0.15, 0.2) is 0 Å². The molecule has 0 aliphatic carbocycles.